The third-order valence-corrected chi connectivity index (χ3v) is 5.26. The summed E-state index contributed by atoms with van der Waals surface area (Å²) >= 11 is 0. The Labute approximate surface area is 171 Å². The van der Waals surface area contributed by atoms with E-state index in [-0.39, 0.29) is 6.10 Å². The first-order valence-corrected chi connectivity index (χ1v) is 10.1. The van der Waals surface area contributed by atoms with Crippen LogP contribution in [0.1, 0.15) is 26.3 Å². The Morgan fingerprint density at radius 2 is 2.10 bits per heavy atom. The molecule has 3 heterocycles. The molecule has 1 saturated heterocycles. The molecule has 0 aliphatic carbocycles. The molecule has 0 bridgehead atoms. The van der Waals surface area contributed by atoms with E-state index >= 15 is 0 Å². The summed E-state index contributed by atoms with van der Waals surface area (Å²) in [6, 6.07) is 12.9. The second-order valence-electron chi connectivity index (χ2n) is 7.81. The summed E-state index contributed by atoms with van der Waals surface area (Å²) < 4.78 is 5.71. The van der Waals surface area contributed by atoms with Crippen molar-refractivity contribution >= 4 is 16.9 Å². The largest absolute Gasteiger partial charge is 0.382 e. The number of ether oxygens (including phenoxy) is 1. The molecular formula is C22H28N6O. The van der Waals surface area contributed by atoms with Crippen molar-refractivity contribution in [3.05, 3.63) is 48.3 Å². The van der Waals surface area contributed by atoms with Crippen molar-refractivity contribution in [3.63, 3.8) is 0 Å². The smallest absolute Gasteiger partial charge is 0.153 e. The second kappa shape index (κ2) is 8.41. The van der Waals surface area contributed by atoms with E-state index in [0.29, 0.717) is 17.4 Å². The predicted octanol–water partition coefficient (Wildman–Crippen LogP) is 3.12. The number of hydrogen-bond acceptors (Lipinski definition) is 7. The number of nitrogens with zero attached hydrogens (tertiary/aromatic N) is 5. The van der Waals surface area contributed by atoms with Gasteiger partial charge in [-0.1, -0.05) is 18.2 Å². The number of nitrogen functional groups attached to an aromatic ring is 1. The number of nitrogens with two attached hydrogens (primary N) is 1. The first-order valence-electron chi connectivity index (χ1n) is 10.1. The van der Waals surface area contributed by atoms with Crippen LogP contribution in [0, 0.1) is 0 Å². The zero-order valence-electron chi connectivity index (χ0n) is 17.2. The summed E-state index contributed by atoms with van der Waals surface area (Å²) in [6.45, 7) is 10.1. The maximum absolute atomic E-state index is 5.99. The van der Waals surface area contributed by atoms with Gasteiger partial charge in [-0.25, -0.2) is 25.0 Å². The molecule has 4 rings (SSSR count). The molecule has 1 aliphatic heterocycles. The van der Waals surface area contributed by atoms with Gasteiger partial charge >= 0.3 is 0 Å². The topological polar surface area (TPSA) is 80.4 Å². The van der Waals surface area contributed by atoms with Crippen molar-refractivity contribution < 1.29 is 4.74 Å². The summed E-state index contributed by atoms with van der Waals surface area (Å²) in [4.78, 5) is 13.0. The molecule has 0 spiro atoms. The molecule has 0 saturated carbocycles. The lowest BCUT2D eigenvalue weighted by Crippen LogP contribution is -2.53. The Morgan fingerprint density at radius 3 is 2.90 bits per heavy atom. The quantitative estimate of drug-likeness (QED) is 0.714. The van der Waals surface area contributed by atoms with E-state index < -0.39 is 0 Å². The van der Waals surface area contributed by atoms with E-state index in [1.165, 1.54) is 11.9 Å². The number of morpholine rings is 1. The van der Waals surface area contributed by atoms with E-state index in [1.54, 1.807) is 0 Å². The first-order chi connectivity index (χ1) is 14.0. The molecule has 152 valence electrons. The summed E-state index contributed by atoms with van der Waals surface area (Å²) in [5.41, 5.74) is 10.6. The molecule has 2 aromatic heterocycles. The van der Waals surface area contributed by atoms with E-state index in [2.05, 4.69) is 65.0 Å². The standard InChI is InChI=1S/C22H28N6O/c1-15(2)28(27-9-10-29-16(3)12-27)13-17-5-4-6-18(11-17)19-7-8-20-21(26-19)22(23)25-14-24-20/h4-8,11,14-16H,9-10,12-13H2,1-3H3,(H2,23,24,25). The van der Waals surface area contributed by atoms with Crippen LogP contribution in [0.3, 0.4) is 0 Å². The molecule has 7 heteroatoms. The fourth-order valence-corrected chi connectivity index (χ4v) is 3.78. The van der Waals surface area contributed by atoms with E-state index in [4.69, 9.17) is 15.5 Å². The molecule has 1 fully saturated rings. The van der Waals surface area contributed by atoms with Gasteiger partial charge < -0.3 is 10.5 Å². The van der Waals surface area contributed by atoms with Gasteiger partial charge in [0, 0.05) is 31.2 Å². The van der Waals surface area contributed by atoms with Crippen molar-refractivity contribution in [1.29, 1.82) is 0 Å². The van der Waals surface area contributed by atoms with Crippen molar-refractivity contribution in [2.24, 2.45) is 0 Å². The van der Waals surface area contributed by atoms with E-state index in [9.17, 15) is 0 Å². The van der Waals surface area contributed by atoms with Crippen LogP contribution in [0.5, 0.6) is 0 Å². The molecule has 3 aromatic rings. The minimum absolute atomic E-state index is 0.255. The second-order valence-corrected chi connectivity index (χ2v) is 7.81. The molecule has 0 radical (unpaired) electrons. The molecule has 1 unspecified atom stereocenters. The van der Waals surface area contributed by atoms with Crippen LogP contribution in [0.4, 0.5) is 5.82 Å². The normalized spacial score (nSPS) is 18.0. The molecular weight excluding hydrogens is 364 g/mol. The van der Waals surface area contributed by atoms with Crippen molar-refractivity contribution in [1.82, 2.24) is 25.0 Å². The Bertz CT molecular complexity index is 992. The molecule has 1 atom stereocenters. The highest BCUT2D eigenvalue weighted by molar-refractivity contribution is 5.85. The first kappa shape index (κ1) is 19.7. The minimum Gasteiger partial charge on any atom is -0.382 e. The van der Waals surface area contributed by atoms with Crippen LogP contribution in [0.25, 0.3) is 22.3 Å². The van der Waals surface area contributed by atoms with Crippen molar-refractivity contribution in [2.75, 3.05) is 25.4 Å². The molecule has 7 nitrogen and oxygen atoms in total. The summed E-state index contributed by atoms with van der Waals surface area (Å²) in [6.07, 6.45) is 1.72. The highest BCUT2D eigenvalue weighted by atomic mass is 16.5. The van der Waals surface area contributed by atoms with Crippen LogP contribution in [0.2, 0.25) is 0 Å². The fraction of sp³-hybridized carbons (Fsp3) is 0.409. The lowest BCUT2D eigenvalue weighted by molar-refractivity contribution is -0.135. The number of rotatable bonds is 5. The van der Waals surface area contributed by atoms with Gasteiger partial charge in [-0.05, 0) is 44.5 Å². The fourth-order valence-electron chi connectivity index (χ4n) is 3.78. The number of fused-ring (bicyclic) bond motifs is 1. The van der Waals surface area contributed by atoms with Crippen LogP contribution in [-0.4, -0.2) is 56.8 Å². The van der Waals surface area contributed by atoms with Gasteiger partial charge in [-0.3, -0.25) is 0 Å². The monoisotopic (exact) mass is 392 g/mol. The Hall–Kier alpha value is -2.61. The van der Waals surface area contributed by atoms with E-state index in [1.807, 2.05) is 12.1 Å². The third kappa shape index (κ3) is 4.37. The van der Waals surface area contributed by atoms with Crippen molar-refractivity contribution in [3.8, 4) is 11.3 Å². The SMILES string of the molecule is CC1CN(N(Cc2cccc(-c3ccc4ncnc(N)c4n3)c2)C(C)C)CCO1. The number of benzene rings is 1. The van der Waals surface area contributed by atoms with Crippen LogP contribution in [-0.2, 0) is 11.3 Å². The van der Waals surface area contributed by atoms with Crippen molar-refractivity contribution in [2.45, 2.75) is 39.5 Å². The third-order valence-electron chi connectivity index (χ3n) is 5.26. The zero-order chi connectivity index (χ0) is 20.4. The van der Waals surface area contributed by atoms with Gasteiger partial charge in [-0.2, -0.15) is 0 Å². The Kier molecular flexibility index (Phi) is 5.71. The zero-order valence-corrected chi connectivity index (χ0v) is 17.2. The Balaban J connectivity index is 1.60. The van der Waals surface area contributed by atoms with Gasteiger partial charge in [-0.15, -0.1) is 0 Å². The molecule has 2 N–H and O–H groups in total. The number of hydrogen-bond donors (Lipinski definition) is 1. The average Bonchev–Trinajstić information content (AvgIpc) is 2.72. The number of anilines is 1. The average molecular weight is 393 g/mol. The summed E-state index contributed by atoms with van der Waals surface area (Å²) in [7, 11) is 0. The number of pyridine rings is 1. The molecule has 1 aliphatic rings. The minimum atomic E-state index is 0.255. The van der Waals surface area contributed by atoms with E-state index in [0.717, 1.165) is 43.0 Å². The summed E-state index contributed by atoms with van der Waals surface area (Å²) in [5.74, 6) is 0.403. The Morgan fingerprint density at radius 1 is 1.24 bits per heavy atom. The molecule has 1 aromatic carbocycles. The summed E-state index contributed by atoms with van der Waals surface area (Å²) in [5, 5.41) is 4.84. The molecule has 0 amide bonds. The predicted molar refractivity (Wildman–Crippen MR) is 115 cm³/mol. The van der Waals surface area contributed by atoms with Crippen LogP contribution < -0.4 is 5.73 Å². The highest BCUT2D eigenvalue weighted by Gasteiger charge is 2.24. The van der Waals surface area contributed by atoms with Gasteiger partial charge in [0.25, 0.3) is 0 Å². The molecule has 29 heavy (non-hydrogen) atoms. The van der Waals surface area contributed by atoms with Crippen LogP contribution >= 0.6 is 0 Å². The number of hydrazine groups is 1. The maximum atomic E-state index is 5.99. The maximum Gasteiger partial charge on any atom is 0.153 e. The van der Waals surface area contributed by atoms with Gasteiger partial charge in [0.2, 0.25) is 0 Å². The lowest BCUT2D eigenvalue weighted by atomic mass is 10.1. The lowest BCUT2D eigenvalue weighted by Gasteiger charge is -2.42. The number of aromatic nitrogens is 3. The van der Waals surface area contributed by atoms with Gasteiger partial charge in [0.1, 0.15) is 11.8 Å². The highest BCUT2D eigenvalue weighted by Crippen LogP contribution is 2.24. The van der Waals surface area contributed by atoms with Gasteiger partial charge in [0.15, 0.2) is 5.82 Å². The van der Waals surface area contributed by atoms with Gasteiger partial charge in [0.05, 0.1) is 23.9 Å². The van der Waals surface area contributed by atoms with Crippen LogP contribution in [0.15, 0.2) is 42.7 Å².